The van der Waals surface area contributed by atoms with Crippen molar-refractivity contribution < 1.29 is 9.84 Å². The summed E-state index contributed by atoms with van der Waals surface area (Å²) in [5.74, 6) is 1.64. The van der Waals surface area contributed by atoms with Crippen molar-refractivity contribution in [2.24, 2.45) is 0 Å². The predicted octanol–water partition coefficient (Wildman–Crippen LogP) is 5.31. The van der Waals surface area contributed by atoms with Crippen LogP contribution in [0.25, 0.3) is 0 Å². The van der Waals surface area contributed by atoms with Crippen LogP contribution in [0.4, 0.5) is 0 Å². The number of benzene rings is 2. The van der Waals surface area contributed by atoms with E-state index in [0.717, 1.165) is 17.7 Å². The van der Waals surface area contributed by atoms with Gasteiger partial charge in [0, 0.05) is 5.56 Å². The van der Waals surface area contributed by atoms with Crippen LogP contribution < -0.4 is 4.74 Å². The van der Waals surface area contributed by atoms with Crippen LogP contribution in [0, 0.1) is 0 Å². The Morgan fingerprint density at radius 1 is 1.11 bits per heavy atom. The van der Waals surface area contributed by atoms with Gasteiger partial charge in [0.25, 0.3) is 0 Å². The lowest BCUT2D eigenvalue weighted by Gasteiger charge is -2.14. The summed E-state index contributed by atoms with van der Waals surface area (Å²) in [7, 11) is 0. The fraction of sp³-hybridized carbons (Fsp3) is 0.294. The van der Waals surface area contributed by atoms with E-state index in [2.05, 4.69) is 13.0 Å². The van der Waals surface area contributed by atoms with E-state index in [4.69, 9.17) is 4.74 Å². The minimum absolute atomic E-state index is 0.0409. The zero-order valence-corrected chi connectivity index (χ0v) is 11.6. The minimum Gasteiger partial charge on any atom is -0.457 e. The molecular formula is C17H19O2. The molecule has 0 amide bonds. The van der Waals surface area contributed by atoms with Gasteiger partial charge in [-0.2, -0.15) is 0 Å². The Hall–Kier alpha value is -1.96. The summed E-state index contributed by atoms with van der Waals surface area (Å²) in [5.41, 5.74) is 1.96. The first kappa shape index (κ1) is 13.5. The number of hydrogen-bond donors (Lipinski definition) is 0. The largest absolute Gasteiger partial charge is 0.457 e. The standard InChI is InChI=1S/C17H19O2/c1-4-13-7-5-8-14(11-13)19-16-10-6-9-15(18)17(16)12(2)3/h5-12H,4H2,1-3H3. The van der Waals surface area contributed by atoms with Crippen LogP contribution in [0.1, 0.15) is 37.8 Å². The zero-order chi connectivity index (χ0) is 13.8. The highest BCUT2D eigenvalue weighted by atomic mass is 16.5. The maximum atomic E-state index is 11.9. The van der Waals surface area contributed by atoms with Gasteiger partial charge in [-0.1, -0.05) is 39.0 Å². The first-order valence-electron chi connectivity index (χ1n) is 6.68. The Morgan fingerprint density at radius 3 is 2.53 bits per heavy atom. The van der Waals surface area contributed by atoms with Gasteiger partial charge in [0.15, 0.2) is 5.75 Å². The van der Waals surface area contributed by atoms with Crippen molar-refractivity contribution in [3.05, 3.63) is 53.6 Å². The molecule has 0 bridgehead atoms. The third kappa shape index (κ3) is 3.08. The van der Waals surface area contributed by atoms with E-state index in [9.17, 15) is 5.11 Å². The van der Waals surface area contributed by atoms with Crippen LogP contribution >= 0.6 is 0 Å². The van der Waals surface area contributed by atoms with Gasteiger partial charge in [-0.3, -0.25) is 5.11 Å². The normalized spacial score (nSPS) is 10.7. The molecule has 0 N–H and O–H groups in total. The van der Waals surface area contributed by atoms with Gasteiger partial charge < -0.3 is 4.74 Å². The third-order valence-electron chi connectivity index (χ3n) is 3.14. The summed E-state index contributed by atoms with van der Waals surface area (Å²) < 4.78 is 5.89. The molecule has 2 rings (SSSR count). The highest BCUT2D eigenvalue weighted by Gasteiger charge is 2.14. The molecule has 99 valence electrons. The van der Waals surface area contributed by atoms with Crippen molar-refractivity contribution in [3.63, 3.8) is 0 Å². The van der Waals surface area contributed by atoms with Gasteiger partial charge >= 0.3 is 0 Å². The fourth-order valence-electron chi connectivity index (χ4n) is 2.14. The average Bonchev–Trinajstić information content (AvgIpc) is 2.38. The Balaban J connectivity index is 2.35. The molecule has 0 saturated carbocycles. The Kier molecular flexibility index (Phi) is 4.10. The van der Waals surface area contributed by atoms with E-state index in [1.165, 1.54) is 5.56 Å². The molecule has 0 aromatic heterocycles. The Labute approximate surface area is 114 Å². The molecule has 0 atom stereocenters. The summed E-state index contributed by atoms with van der Waals surface area (Å²) in [5, 5.41) is 11.9. The number of hydrogen-bond acceptors (Lipinski definition) is 1. The van der Waals surface area contributed by atoms with Crippen LogP contribution in [0.15, 0.2) is 42.5 Å². The van der Waals surface area contributed by atoms with Crippen molar-refractivity contribution >= 4 is 0 Å². The summed E-state index contributed by atoms with van der Waals surface area (Å²) in [6.07, 6.45) is 0.968. The van der Waals surface area contributed by atoms with Crippen molar-refractivity contribution in [2.75, 3.05) is 0 Å². The molecule has 0 aliphatic heterocycles. The molecule has 0 spiro atoms. The van der Waals surface area contributed by atoms with Crippen molar-refractivity contribution in [1.29, 1.82) is 0 Å². The molecule has 0 aliphatic carbocycles. The number of ether oxygens (including phenoxy) is 1. The summed E-state index contributed by atoms with van der Waals surface area (Å²) in [6.45, 7) is 6.12. The van der Waals surface area contributed by atoms with Crippen molar-refractivity contribution in [1.82, 2.24) is 0 Å². The van der Waals surface area contributed by atoms with Crippen LogP contribution in [-0.2, 0) is 11.5 Å². The van der Waals surface area contributed by atoms with Crippen molar-refractivity contribution in [3.8, 4) is 17.2 Å². The molecule has 2 aromatic carbocycles. The maximum absolute atomic E-state index is 11.9. The molecule has 1 radical (unpaired) electrons. The van der Waals surface area contributed by atoms with Gasteiger partial charge in [-0.05, 0) is 42.2 Å². The minimum atomic E-state index is 0.0409. The molecule has 19 heavy (non-hydrogen) atoms. The molecule has 0 saturated heterocycles. The van der Waals surface area contributed by atoms with E-state index in [1.54, 1.807) is 12.1 Å². The lowest BCUT2D eigenvalue weighted by Crippen LogP contribution is -1.94. The van der Waals surface area contributed by atoms with Gasteiger partial charge in [0.2, 0.25) is 0 Å². The van der Waals surface area contributed by atoms with Crippen molar-refractivity contribution in [2.45, 2.75) is 33.1 Å². The van der Waals surface area contributed by atoms with E-state index in [-0.39, 0.29) is 11.7 Å². The molecule has 0 heterocycles. The lowest BCUT2D eigenvalue weighted by molar-refractivity contribution is 0.343. The fourth-order valence-corrected chi connectivity index (χ4v) is 2.14. The summed E-state index contributed by atoms with van der Waals surface area (Å²) in [4.78, 5) is 0. The van der Waals surface area contributed by atoms with E-state index >= 15 is 0 Å². The predicted molar refractivity (Wildman–Crippen MR) is 76.6 cm³/mol. The molecule has 2 aromatic rings. The molecule has 2 heteroatoms. The monoisotopic (exact) mass is 255 g/mol. The number of rotatable bonds is 4. The maximum Gasteiger partial charge on any atom is 0.185 e. The van der Waals surface area contributed by atoms with Gasteiger partial charge in [-0.25, -0.2) is 0 Å². The van der Waals surface area contributed by atoms with Gasteiger partial charge in [-0.15, -0.1) is 0 Å². The smallest absolute Gasteiger partial charge is 0.185 e. The first-order chi connectivity index (χ1) is 9.11. The van der Waals surface area contributed by atoms with Crippen LogP contribution in [0.5, 0.6) is 17.2 Å². The van der Waals surface area contributed by atoms with E-state index in [0.29, 0.717) is 5.75 Å². The second-order valence-electron chi connectivity index (χ2n) is 4.93. The molecular weight excluding hydrogens is 236 g/mol. The molecule has 2 nitrogen and oxygen atoms in total. The quantitative estimate of drug-likeness (QED) is 0.728. The SMILES string of the molecule is CCc1cccc(Oc2cccc([O])c2C(C)C)c1. The second-order valence-corrected chi connectivity index (χ2v) is 4.93. The highest BCUT2D eigenvalue weighted by molar-refractivity contribution is 5.47. The van der Waals surface area contributed by atoms with E-state index < -0.39 is 0 Å². The second kappa shape index (κ2) is 5.79. The third-order valence-corrected chi connectivity index (χ3v) is 3.14. The lowest BCUT2D eigenvalue weighted by atomic mass is 10.0. The van der Waals surface area contributed by atoms with Gasteiger partial charge in [0.1, 0.15) is 11.5 Å². The topological polar surface area (TPSA) is 29.1 Å². The van der Waals surface area contributed by atoms with Crippen LogP contribution in [0.3, 0.4) is 0 Å². The first-order valence-corrected chi connectivity index (χ1v) is 6.68. The number of aryl methyl sites for hydroxylation is 1. The van der Waals surface area contributed by atoms with Crippen LogP contribution in [-0.4, -0.2) is 0 Å². The molecule has 0 fully saturated rings. The highest BCUT2D eigenvalue weighted by Crippen LogP contribution is 2.37. The zero-order valence-electron chi connectivity index (χ0n) is 11.6. The summed E-state index contributed by atoms with van der Waals surface area (Å²) >= 11 is 0. The summed E-state index contributed by atoms with van der Waals surface area (Å²) in [6, 6.07) is 13.2. The molecule has 0 aliphatic rings. The molecule has 0 unspecified atom stereocenters. The van der Waals surface area contributed by atoms with E-state index in [1.807, 2.05) is 38.1 Å². The Bertz CT molecular complexity index is 559. The van der Waals surface area contributed by atoms with Crippen LogP contribution in [0.2, 0.25) is 0 Å². The van der Waals surface area contributed by atoms with Gasteiger partial charge in [0.05, 0.1) is 0 Å². The average molecular weight is 255 g/mol. The Morgan fingerprint density at radius 2 is 1.84 bits per heavy atom.